The van der Waals surface area contributed by atoms with E-state index in [4.69, 9.17) is 9.47 Å². The molecule has 0 saturated heterocycles. The minimum atomic E-state index is -0.418. The highest BCUT2D eigenvalue weighted by Gasteiger charge is 2.24. The molecule has 2 aromatic carbocycles. The molecule has 0 spiro atoms. The van der Waals surface area contributed by atoms with Gasteiger partial charge in [0.05, 0.1) is 22.6 Å². The average molecular weight is 403 g/mol. The normalized spacial score (nSPS) is 16.4. The Morgan fingerprint density at radius 1 is 0.964 bits per heavy atom. The van der Waals surface area contributed by atoms with Crippen LogP contribution < -0.4 is 9.47 Å². The van der Waals surface area contributed by atoms with Gasteiger partial charge >= 0.3 is 0 Å². The Labute approximate surface area is 167 Å². The smallest absolute Gasteiger partial charge is 0.182 e. The van der Waals surface area contributed by atoms with Gasteiger partial charge in [-0.1, -0.05) is 25.5 Å². The van der Waals surface area contributed by atoms with Gasteiger partial charge in [0.1, 0.15) is 0 Å². The molecule has 1 aromatic heterocycles. The monoisotopic (exact) mass is 402 g/mol. The van der Waals surface area contributed by atoms with E-state index in [1.807, 2.05) is 13.0 Å². The SMILES string of the molecule is CCC=C1CC(COc2ccc3c(sc4c(F)c(OCCC)ccc43)c2F)C1. The molecule has 1 fully saturated rings. The summed E-state index contributed by atoms with van der Waals surface area (Å²) in [5.41, 5.74) is 1.47. The first-order valence-electron chi connectivity index (χ1n) is 9.89. The molecule has 0 radical (unpaired) electrons. The first-order valence-corrected chi connectivity index (χ1v) is 10.7. The van der Waals surface area contributed by atoms with Gasteiger partial charge < -0.3 is 9.47 Å². The Balaban J connectivity index is 1.59. The number of hydrogen-bond acceptors (Lipinski definition) is 3. The summed E-state index contributed by atoms with van der Waals surface area (Å²) in [6.45, 7) is 5.07. The Bertz CT molecular complexity index is 1030. The van der Waals surface area contributed by atoms with Gasteiger partial charge in [0.15, 0.2) is 23.1 Å². The highest BCUT2D eigenvalue weighted by atomic mass is 32.1. The molecule has 0 unspecified atom stereocenters. The molecule has 1 aliphatic rings. The fraction of sp³-hybridized carbons (Fsp3) is 0.391. The zero-order chi connectivity index (χ0) is 19.7. The van der Waals surface area contributed by atoms with E-state index in [0.29, 0.717) is 39.3 Å². The maximum absolute atomic E-state index is 15.0. The van der Waals surface area contributed by atoms with E-state index in [9.17, 15) is 4.39 Å². The molecule has 0 aliphatic heterocycles. The summed E-state index contributed by atoms with van der Waals surface area (Å²) in [7, 11) is 0. The topological polar surface area (TPSA) is 18.5 Å². The zero-order valence-electron chi connectivity index (χ0n) is 16.2. The van der Waals surface area contributed by atoms with E-state index >= 15 is 4.39 Å². The summed E-state index contributed by atoms with van der Waals surface area (Å²) >= 11 is 1.12. The number of rotatable bonds is 7. The number of ether oxygens (including phenoxy) is 2. The summed E-state index contributed by atoms with van der Waals surface area (Å²) in [4.78, 5) is 0. The van der Waals surface area contributed by atoms with Gasteiger partial charge in [-0.15, -0.1) is 11.3 Å². The van der Waals surface area contributed by atoms with E-state index < -0.39 is 11.6 Å². The first kappa shape index (κ1) is 19.2. The lowest BCUT2D eigenvalue weighted by Crippen LogP contribution is -2.22. The molecule has 0 bridgehead atoms. The van der Waals surface area contributed by atoms with Crippen LogP contribution in [0.1, 0.15) is 39.5 Å². The Morgan fingerprint density at radius 2 is 1.57 bits per heavy atom. The van der Waals surface area contributed by atoms with Gasteiger partial charge in [-0.05, 0) is 49.9 Å². The Hall–Kier alpha value is -2.14. The average Bonchev–Trinajstić information content (AvgIpc) is 3.05. The van der Waals surface area contributed by atoms with Crippen LogP contribution in [0.15, 0.2) is 35.9 Å². The van der Waals surface area contributed by atoms with Crippen LogP contribution in [0.3, 0.4) is 0 Å². The van der Waals surface area contributed by atoms with Gasteiger partial charge in [0.25, 0.3) is 0 Å². The molecule has 0 atom stereocenters. The molecule has 0 amide bonds. The minimum Gasteiger partial charge on any atom is -0.490 e. The molecule has 1 aliphatic carbocycles. The van der Waals surface area contributed by atoms with Gasteiger partial charge in [-0.25, -0.2) is 8.78 Å². The summed E-state index contributed by atoms with van der Waals surface area (Å²) < 4.78 is 41.9. The molecular formula is C23H24F2O2S. The van der Waals surface area contributed by atoms with Gasteiger partial charge in [0, 0.05) is 16.7 Å². The predicted molar refractivity (Wildman–Crippen MR) is 112 cm³/mol. The maximum Gasteiger partial charge on any atom is 0.182 e. The van der Waals surface area contributed by atoms with Crippen molar-refractivity contribution in [2.45, 2.75) is 39.5 Å². The van der Waals surface area contributed by atoms with Crippen molar-refractivity contribution in [2.75, 3.05) is 13.2 Å². The maximum atomic E-state index is 15.0. The number of benzene rings is 2. The van der Waals surface area contributed by atoms with E-state index in [-0.39, 0.29) is 11.5 Å². The lowest BCUT2D eigenvalue weighted by atomic mass is 9.80. The third-order valence-corrected chi connectivity index (χ3v) is 6.35. The summed E-state index contributed by atoms with van der Waals surface area (Å²) in [5, 5.41) is 1.42. The highest BCUT2D eigenvalue weighted by molar-refractivity contribution is 7.25. The number of halogens is 2. The van der Waals surface area contributed by atoms with E-state index in [0.717, 1.165) is 37.0 Å². The summed E-state index contributed by atoms with van der Waals surface area (Å²) in [6.07, 6.45) is 6.18. The molecular weight excluding hydrogens is 378 g/mol. The molecule has 28 heavy (non-hydrogen) atoms. The molecule has 1 heterocycles. The van der Waals surface area contributed by atoms with Crippen molar-refractivity contribution in [3.05, 3.63) is 47.5 Å². The summed E-state index contributed by atoms with van der Waals surface area (Å²) in [6, 6.07) is 6.91. The molecule has 4 rings (SSSR count). The zero-order valence-corrected chi connectivity index (χ0v) is 17.0. The van der Waals surface area contributed by atoms with Crippen LogP contribution in [0, 0.1) is 17.6 Å². The Morgan fingerprint density at radius 3 is 2.14 bits per heavy atom. The molecule has 3 aromatic rings. The predicted octanol–water partition coefficient (Wildman–Crippen LogP) is 7.25. The number of thiophene rings is 1. The van der Waals surface area contributed by atoms with Crippen molar-refractivity contribution in [3.8, 4) is 11.5 Å². The van der Waals surface area contributed by atoms with Crippen LogP contribution >= 0.6 is 11.3 Å². The van der Waals surface area contributed by atoms with Crippen LogP contribution in [0.4, 0.5) is 8.78 Å². The van der Waals surface area contributed by atoms with E-state index in [1.165, 1.54) is 5.57 Å². The van der Waals surface area contributed by atoms with Crippen molar-refractivity contribution in [1.29, 1.82) is 0 Å². The molecule has 2 nitrogen and oxygen atoms in total. The number of hydrogen-bond donors (Lipinski definition) is 0. The number of allylic oxidation sites excluding steroid dienone is 2. The molecule has 148 valence electrons. The highest BCUT2D eigenvalue weighted by Crippen LogP contribution is 2.42. The van der Waals surface area contributed by atoms with Crippen molar-refractivity contribution in [1.82, 2.24) is 0 Å². The third-order valence-electron chi connectivity index (χ3n) is 5.15. The fourth-order valence-corrected chi connectivity index (χ4v) is 4.86. The minimum absolute atomic E-state index is 0.221. The number of fused-ring (bicyclic) bond motifs is 3. The van der Waals surface area contributed by atoms with Crippen molar-refractivity contribution < 1.29 is 18.3 Å². The fourth-order valence-electron chi connectivity index (χ4n) is 3.70. The molecule has 1 saturated carbocycles. The van der Waals surface area contributed by atoms with Crippen LogP contribution in [0.2, 0.25) is 0 Å². The van der Waals surface area contributed by atoms with Crippen molar-refractivity contribution >= 4 is 31.5 Å². The first-order chi connectivity index (χ1) is 13.6. The van der Waals surface area contributed by atoms with Crippen LogP contribution in [0.25, 0.3) is 20.2 Å². The third kappa shape index (κ3) is 3.48. The van der Waals surface area contributed by atoms with Crippen molar-refractivity contribution in [3.63, 3.8) is 0 Å². The van der Waals surface area contributed by atoms with E-state index in [2.05, 4.69) is 13.0 Å². The van der Waals surface area contributed by atoms with E-state index in [1.54, 1.807) is 18.2 Å². The van der Waals surface area contributed by atoms with Crippen molar-refractivity contribution in [2.24, 2.45) is 5.92 Å². The molecule has 0 N–H and O–H groups in total. The van der Waals surface area contributed by atoms with Gasteiger partial charge in [-0.2, -0.15) is 0 Å². The second kappa shape index (κ2) is 8.08. The van der Waals surface area contributed by atoms with Crippen LogP contribution in [-0.4, -0.2) is 13.2 Å². The van der Waals surface area contributed by atoms with Crippen LogP contribution in [0.5, 0.6) is 11.5 Å². The molecule has 5 heteroatoms. The standard InChI is InChI=1S/C23H24F2O2S/c1-3-5-14-11-15(12-14)13-27-19-9-7-17-16-6-8-18(26-10-4-2)20(24)22(16)28-23(17)21(19)25/h5-9,15H,3-4,10-13H2,1-2H3. The second-order valence-corrected chi connectivity index (χ2v) is 8.34. The lowest BCUT2D eigenvalue weighted by Gasteiger charge is -2.29. The lowest BCUT2D eigenvalue weighted by molar-refractivity contribution is 0.211. The quantitative estimate of drug-likeness (QED) is 0.388. The Kier molecular flexibility index (Phi) is 5.54. The largest absolute Gasteiger partial charge is 0.490 e. The van der Waals surface area contributed by atoms with Gasteiger partial charge in [-0.3, -0.25) is 0 Å². The van der Waals surface area contributed by atoms with Gasteiger partial charge in [0.2, 0.25) is 0 Å². The van der Waals surface area contributed by atoms with Crippen LogP contribution in [-0.2, 0) is 0 Å². The second-order valence-electron chi connectivity index (χ2n) is 7.32. The summed E-state index contributed by atoms with van der Waals surface area (Å²) in [5.74, 6) is 0.0936.